The van der Waals surface area contributed by atoms with Crippen molar-refractivity contribution >= 4 is 39.4 Å². The molecule has 0 N–H and O–H groups in total. The van der Waals surface area contributed by atoms with Crippen molar-refractivity contribution in [1.29, 1.82) is 0 Å². The molecule has 0 amide bonds. The summed E-state index contributed by atoms with van der Waals surface area (Å²) in [5.41, 5.74) is 2.56. The van der Waals surface area contributed by atoms with Gasteiger partial charge in [0.05, 0.1) is 17.9 Å². The van der Waals surface area contributed by atoms with Crippen LogP contribution in [0.25, 0.3) is 15.5 Å². The molecule has 5 aromatic rings. The third-order valence-corrected chi connectivity index (χ3v) is 7.07. The maximum atomic E-state index is 13.7. The van der Waals surface area contributed by atoms with Crippen LogP contribution in [0.4, 0.5) is 20.2 Å². The molecule has 0 saturated carbocycles. The predicted molar refractivity (Wildman–Crippen MR) is 117 cm³/mol. The van der Waals surface area contributed by atoms with E-state index in [1.165, 1.54) is 23.5 Å². The van der Waals surface area contributed by atoms with E-state index in [9.17, 15) is 8.78 Å². The summed E-state index contributed by atoms with van der Waals surface area (Å²) in [7, 11) is 0. The van der Waals surface area contributed by atoms with Crippen LogP contribution in [0.1, 0.15) is 5.82 Å². The molecule has 0 bridgehead atoms. The van der Waals surface area contributed by atoms with E-state index in [4.69, 9.17) is 0 Å². The smallest absolute Gasteiger partial charge is 0.235 e. The zero-order chi connectivity index (χ0) is 20.9. The van der Waals surface area contributed by atoms with E-state index in [1.54, 1.807) is 16.3 Å². The molecule has 0 spiro atoms. The molecule has 9 heteroatoms. The van der Waals surface area contributed by atoms with Gasteiger partial charge in [0, 0.05) is 21.4 Å². The lowest BCUT2D eigenvalue weighted by Crippen LogP contribution is -2.21. The van der Waals surface area contributed by atoms with E-state index in [2.05, 4.69) is 44.5 Å². The molecule has 5 nitrogen and oxygen atoms in total. The molecule has 3 aromatic carbocycles. The average Bonchev–Trinajstić information content (AvgIpc) is 3.35. The lowest BCUT2D eigenvalue weighted by molar-refractivity contribution is 0.584. The van der Waals surface area contributed by atoms with Crippen LogP contribution in [-0.2, 0) is 6.54 Å². The Labute approximate surface area is 184 Å². The van der Waals surface area contributed by atoms with E-state index in [0.29, 0.717) is 27.9 Å². The number of rotatable bonds is 3. The first-order valence-corrected chi connectivity index (χ1v) is 11.1. The number of benzene rings is 3. The Bertz CT molecular complexity index is 1380. The van der Waals surface area contributed by atoms with E-state index in [-0.39, 0.29) is 0 Å². The summed E-state index contributed by atoms with van der Waals surface area (Å²) in [6, 6.07) is 19.8. The molecule has 6 rings (SSSR count). The van der Waals surface area contributed by atoms with Gasteiger partial charge in [0.1, 0.15) is 16.6 Å². The van der Waals surface area contributed by atoms with E-state index >= 15 is 0 Å². The van der Waals surface area contributed by atoms with Gasteiger partial charge in [0.15, 0.2) is 5.82 Å². The Morgan fingerprint density at radius 3 is 2.13 bits per heavy atom. The van der Waals surface area contributed by atoms with Crippen molar-refractivity contribution in [3.05, 3.63) is 84.2 Å². The number of para-hydroxylation sites is 2. The highest BCUT2D eigenvalue weighted by Crippen LogP contribution is 2.48. The van der Waals surface area contributed by atoms with Crippen LogP contribution in [0.3, 0.4) is 0 Å². The molecule has 0 radical (unpaired) electrons. The second-order valence-corrected chi connectivity index (χ2v) is 9.04. The first-order valence-electron chi connectivity index (χ1n) is 9.47. The lowest BCUT2D eigenvalue weighted by atomic mass is 10.2. The number of fused-ring (bicyclic) bond motifs is 3. The highest BCUT2D eigenvalue weighted by Gasteiger charge is 2.25. The van der Waals surface area contributed by atoms with Crippen LogP contribution >= 0.6 is 23.1 Å². The Hall–Kier alpha value is -3.30. The zero-order valence-electron chi connectivity index (χ0n) is 15.9. The van der Waals surface area contributed by atoms with Crippen LogP contribution in [-0.4, -0.2) is 19.8 Å². The van der Waals surface area contributed by atoms with Gasteiger partial charge in [0.2, 0.25) is 4.96 Å². The summed E-state index contributed by atoms with van der Waals surface area (Å²) in [6.07, 6.45) is 0. The number of anilines is 2. The molecule has 0 aliphatic carbocycles. The van der Waals surface area contributed by atoms with Gasteiger partial charge in [-0.2, -0.15) is 9.61 Å². The van der Waals surface area contributed by atoms with Gasteiger partial charge >= 0.3 is 0 Å². The van der Waals surface area contributed by atoms with Gasteiger partial charge in [-0.1, -0.05) is 47.4 Å². The molecule has 1 aliphatic rings. The fraction of sp³-hybridized carbons (Fsp3) is 0.0455. The molecular formula is C22H13F2N5S2. The van der Waals surface area contributed by atoms with Gasteiger partial charge in [-0.05, 0) is 36.4 Å². The normalized spacial score (nSPS) is 12.8. The molecule has 2 aromatic heterocycles. The molecule has 0 fully saturated rings. The number of nitrogens with zero attached hydrogens (tertiary/aromatic N) is 5. The van der Waals surface area contributed by atoms with Gasteiger partial charge in [0.25, 0.3) is 0 Å². The van der Waals surface area contributed by atoms with Crippen LogP contribution in [0.5, 0.6) is 0 Å². The number of hydrogen-bond donors (Lipinski definition) is 0. The Balaban J connectivity index is 1.43. The molecule has 0 saturated heterocycles. The van der Waals surface area contributed by atoms with Crippen molar-refractivity contribution in [1.82, 2.24) is 19.8 Å². The number of aromatic nitrogens is 4. The van der Waals surface area contributed by atoms with E-state index < -0.39 is 11.6 Å². The maximum Gasteiger partial charge on any atom is 0.235 e. The minimum Gasteiger partial charge on any atom is -0.332 e. The van der Waals surface area contributed by atoms with Gasteiger partial charge < -0.3 is 4.90 Å². The van der Waals surface area contributed by atoms with E-state index in [0.717, 1.165) is 27.2 Å². The Kier molecular flexibility index (Phi) is 4.25. The first kappa shape index (κ1) is 18.5. The second-order valence-electron chi connectivity index (χ2n) is 7.00. The zero-order valence-corrected chi connectivity index (χ0v) is 17.5. The van der Waals surface area contributed by atoms with Crippen LogP contribution in [0, 0.1) is 11.6 Å². The maximum absolute atomic E-state index is 13.7. The minimum absolute atomic E-state index is 0.379. The summed E-state index contributed by atoms with van der Waals surface area (Å²) in [6.45, 7) is 0.455. The molecule has 0 atom stereocenters. The highest BCUT2D eigenvalue weighted by atomic mass is 32.2. The monoisotopic (exact) mass is 449 g/mol. The third kappa shape index (κ3) is 3.17. The molecule has 1 aliphatic heterocycles. The van der Waals surface area contributed by atoms with Crippen LogP contribution in [0.15, 0.2) is 76.5 Å². The summed E-state index contributed by atoms with van der Waals surface area (Å²) in [5, 5.41) is 13.6. The Morgan fingerprint density at radius 1 is 0.806 bits per heavy atom. The highest BCUT2D eigenvalue weighted by molar-refractivity contribution is 7.99. The SMILES string of the molecule is Fc1cc(F)cc(-c2nn3c(CN4c5ccccc5Sc5ccccc54)nnc3s2)c1. The molecular weight excluding hydrogens is 436 g/mol. The molecule has 152 valence electrons. The molecule has 3 heterocycles. The third-order valence-electron chi connectivity index (χ3n) is 5.00. The topological polar surface area (TPSA) is 46.3 Å². The average molecular weight is 450 g/mol. The van der Waals surface area contributed by atoms with Crippen molar-refractivity contribution in [2.24, 2.45) is 0 Å². The summed E-state index contributed by atoms with van der Waals surface area (Å²) >= 11 is 2.98. The van der Waals surface area contributed by atoms with Crippen molar-refractivity contribution in [3.63, 3.8) is 0 Å². The van der Waals surface area contributed by atoms with Crippen LogP contribution < -0.4 is 4.90 Å². The minimum atomic E-state index is -0.639. The Morgan fingerprint density at radius 2 is 1.45 bits per heavy atom. The second kappa shape index (κ2) is 7.14. The quantitative estimate of drug-likeness (QED) is 0.341. The fourth-order valence-electron chi connectivity index (χ4n) is 3.64. The largest absolute Gasteiger partial charge is 0.332 e. The van der Waals surface area contributed by atoms with Crippen LogP contribution in [0.2, 0.25) is 0 Å². The van der Waals surface area contributed by atoms with Crippen molar-refractivity contribution in [3.8, 4) is 10.6 Å². The first-order chi connectivity index (χ1) is 15.2. The van der Waals surface area contributed by atoms with Gasteiger partial charge in [-0.15, -0.1) is 10.2 Å². The van der Waals surface area contributed by atoms with Crippen molar-refractivity contribution < 1.29 is 8.78 Å². The number of hydrogen-bond acceptors (Lipinski definition) is 6. The molecule has 31 heavy (non-hydrogen) atoms. The van der Waals surface area contributed by atoms with Gasteiger partial charge in [-0.3, -0.25) is 0 Å². The fourth-order valence-corrected chi connectivity index (χ4v) is 5.58. The summed E-state index contributed by atoms with van der Waals surface area (Å²) in [4.78, 5) is 5.09. The summed E-state index contributed by atoms with van der Waals surface area (Å²) in [5.74, 6) is -0.633. The number of halogens is 2. The standard InChI is InChI=1S/C22H13F2N5S2/c23-14-9-13(10-15(24)11-14)21-27-29-20(25-26-22(29)31-21)12-28-16-5-1-3-7-18(16)30-19-8-4-2-6-17(19)28/h1-11H,12H2. The van der Waals surface area contributed by atoms with E-state index in [1.807, 2.05) is 24.3 Å². The lowest BCUT2D eigenvalue weighted by Gasteiger charge is -2.31. The summed E-state index contributed by atoms with van der Waals surface area (Å²) < 4.78 is 29.0. The molecule has 0 unspecified atom stereocenters. The van der Waals surface area contributed by atoms with Crippen molar-refractivity contribution in [2.75, 3.05) is 4.90 Å². The van der Waals surface area contributed by atoms with Crippen molar-refractivity contribution in [2.45, 2.75) is 16.3 Å². The predicted octanol–water partition coefficient (Wildman–Crippen LogP) is 5.93. The van der Waals surface area contributed by atoms with Gasteiger partial charge in [-0.25, -0.2) is 8.78 Å².